The number of amides is 1. The number of carboxylic acids is 1. The van der Waals surface area contributed by atoms with Crippen molar-refractivity contribution < 1.29 is 19.1 Å². The average Bonchev–Trinajstić information content (AvgIpc) is 2.52. The number of carbonyl (C=O) groups is 2. The highest BCUT2D eigenvalue weighted by molar-refractivity contribution is 5.81. The van der Waals surface area contributed by atoms with Crippen LogP contribution in [0.2, 0.25) is 0 Å². The highest BCUT2D eigenvalue weighted by atomic mass is 19.1. The van der Waals surface area contributed by atoms with Crippen LogP contribution in [0.15, 0.2) is 48.8 Å². The van der Waals surface area contributed by atoms with Crippen molar-refractivity contribution in [1.82, 2.24) is 10.3 Å². The minimum Gasteiger partial charge on any atom is -0.481 e. The molecule has 0 spiro atoms. The molecular weight excluding hydrogens is 287 g/mol. The summed E-state index contributed by atoms with van der Waals surface area (Å²) in [7, 11) is 0. The summed E-state index contributed by atoms with van der Waals surface area (Å²) in [5.74, 6) is -1.78. The third kappa shape index (κ3) is 4.37. The molecule has 1 amide bonds. The third-order valence-corrected chi connectivity index (χ3v) is 3.11. The van der Waals surface area contributed by atoms with E-state index in [0.717, 1.165) is 5.56 Å². The van der Waals surface area contributed by atoms with Gasteiger partial charge in [-0.3, -0.25) is 14.6 Å². The molecule has 22 heavy (non-hydrogen) atoms. The highest BCUT2D eigenvalue weighted by Gasteiger charge is 2.17. The molecule has 0 aliphatic heterocycles. The van der Waals surface area contributed by atoms with Crippen molar-refractivity contribution in [3.05, 3.63) is 65.7 Å². The topological polar surface area (TPSA) is 79.3 Å². The molecule has 0 aliphatic carbocycles. The molecular formula is C16H15FN2O3. The molecule has 0 aliphatic rings. The quantitative estimate of drug-likeness (QED) is 0.858. The lowest BCUT2D eigenvalue weighted by Crippen LogP contribution is -2.29. The first kappa shape index (κ1) is 15.6. The predicted molar refractivity (Wildman–Crippen MR) is 77.5 cm³/mol. The number of nitrogens with one attached hydrogen (secondary N) is 1. The predicted octanol–water partition coefficient (Wildman–Crippen LogP) is 2.29. The summed E-state index contributed by atoms with van der Waals surface area (Å²) in [4.78, 5) is 26.4. The van der Waals surface area contributed by atoms with E-state index in [1.165, 1.54) is 12.1 Å². The third-order valence-electron chi connectivity index (χ3n) is 3.11. The number of aliphatic carboxylic acids is 1. The Hall–Kier alpha value is -2.76. The Morgan fingerprint density at radius 1 is 1.05 bits per heavy atom. The number of aromatic nitrogens is 1. The van der Waals surface area contributed by atoms with Gasteiger partial charge in [-0.05, 0) is 35.4 Å². The molecule has 1 heterocycles. The summed E-state index contributed by atoms with van der Waals surface area (Å²) in [6.07, 6.45) is 2.83. The van der Waals surface area contributed by atoms with E-state index in [4.69, 9.17) is 5.11 Å². The number of hydrogen-bond donors (Lipinski definition) is 2. The lowest BCUT2D eigenvalue weighted by Gasteiger charge is -2.19. The van der Waals surface area contributed by atoms with Gasteiger partial charge in [0.15, 0.2) is 0 Å². The fraction of sp³-hybridized carbons (Fsp3) is 0.188. The van der Waals surface area contributed by atoms with Crippen molar-refractivity contribution >= 4 is 11.9 Å². The van der Waals surface area contributed by atoms with Gasteiger partial charge in [-0.1, -0.05) is 12.1 Å². The summed E-state index contributed by atoms with van der Waals surface area (Å²) < 4.78 is 13.1. The van der Waals surface area contributed by atoms with E-state index < -0.39 is 12.0 Å². The molecule has 0 radical (unpaired) electrons. The Labute approximate surface area is 126 Å². The average molecular weight is 302 g/mol. The number of carboxylic acid groups (broad SMARTS) is 1. The molecule has 2 N–H and O–H groups in total. The van der Waals surface area contributed by atoms with E-state index in [9.17, 15) is 14.0 Å². The number of carbonyl (C=O) groups excluding carboxylic acids is 1. The number of pyridine rings is 1. The van der Waals surface area contributed by atoms with Crippen LogP contribution in [0, 0.1) is 5.82 Å². The van der Waals surface area contributed by atoms with Crippen LogP contribution in [0.3, 0.4) is 0 Å². The van der Waals surface area contributed by atoms with Gasteiger partial charge in [0, 0.05) is 18.8 Å². The summed E-state index contributed by atoms with van der Waals surface area (Å²) in [6, 6.07) is 8.79. The normalized spacial score (nSPS) is 11.7. The van der Waals surface area contributed by atoms with Crippen molar-refractivity contribution in [3.8, 4) is 0 Å². The van der Waals surface area contributed by atoms with E-state index in [1.54, 1.807) is 36.7 Å². The Morgan fingerprint density at radius 2 is 1.64 bits per heavy atom. The van der Waals surface area contributed by atoms with Gasteiger partial charge in [-0.15, -0.1) is 0 Å². The monoisotopic (exact) mass is 302 g/mol. The Morgan fingerprint density at radius 3 is 2.23 bits per heavy atom. The minimum absolute atomic E-state index is 0.113. The summed E-state index contributed by atoms with van der Waals surface area (Å²) >= 11 is 0. The second-order valence-corrected chi connectivity index (χ2v) is 4.73. The van der Waals surface area contributed by atoms with E-state index in [2.05, 4.69) is 10.3 Å². The molecule has 0 saturated heterocycles. The van der Waals surface area contributed by atoms with Crippen molar-refractivity contribution in [1.29, 1.82) is 0 Å². The first-order chi connectivity index (χ1) is 10.6. The van der Waals surface area contributed by atoms with Gasteiger partial charge in [-0.25, -0.2) is 4.39 Å². The number of rotatable bonds is 6. The lowest BCUT2D eigenvalue weighted by atomic mass is 9.99. The van der Waals surface area contributed by atoms with Crippen LogP contribution in [-0.4, -0.2) is 22.0 Å². The van der Waals surface area contributed by atoms with Crippen molar-refractivity contribution in [3.63, 3.8) is 0 Å². The number of hydrogen-bond acceptors (Lipinski definition) is 3. The maximum atomic E-state index is 13.1. The van der Waals surface area contributed by atoms with E-state index in [1.807, 2.05) is 0 Å². The van der Waals surface area contributed by atoms with Gasteiger partial charge in [0.25, 0.3) is 0 Å². The van der Waals surface area contributed by atoms with E-state index in [0.29, 0.717) is 5.56 Å². The SMILES string of the molecule is O=C(O)CCC(=O)NC(c1ccncc1)c1ccc(F)cc1. The summed E-state index contributed by atoms with van der Waals surface area (Å²) in [5, 5.41) is 11.4. The molecule has 1 aromatic heterocycles. The highest BCUT2D eigenvalue weighted by Crippen LogP contribution is 2.22. The Bertz CT molecular complexity index is 644. The fourth-order valence-electron chi connectivity index (χ4n) is 2.02. The zero-order valence-electron chi connectivity index (χ0n) is 11.7. The van der Waals surface area contributed by atoms with Gasteiger partial charge in [0.1, 0.15) is 5.82 Å². The van der Waals surface area contributed by atoms with Gasteiger partial charge >= 0.3 is 5.97 Å². The Balaban J connectivity index is 2.21. The van der Waals surface area contributed by atoms with Crippen LogP contribution in [-0.2, 0) is 9.59 Å². The van der Waals surface area contributed by atoms with Crippen LogP contribution in [0.4, 0.5) is 4.39 Å². The van der Waals surface area contributed by atoms with Crippen molar-refractivity contribution in [2.75, 3.05) is 0 Å². The molecule has 1 aromatic carbocycles. The first-order valence-corrected chi connectivity index (χ1v) is 6.73. The lowest BCUT2D eigenvalue weighted by molar-refractivity contribution is -0.138. The minimum atomic E-state index is -1.03. The molecule has 2 aromatic rings. The smallest absolute Gasteiger partial charge is 0.303 e. The van der Waals surface area contributed by atoms with Crippen LogP contribution in [0.5, 0.6) is 0 Å². The number of nitrogens with zero attached hydrogens (tertiary/aromatic N) is 1. The molecule has 114 valence electrons. The van der Waals surface area contributed by atoms with Crippen LogP contribution in [0.25, 0.3) is 0 Å². The molecule has 0 saturated carbocycles. The zero-order chi connectivity index (χ0) is 15.9. The van der Waals surface area contributed by atoms with Gasteiger partial charge in [-0.2, -0.15) is 0 Å². The number of benzene rings is 1. The second-order valence-electron chi connectivity index (χ2n) is 4.73. The van der Waals surface area contributed by atoms with Gasteiger partial charge in [0.2, 0.25) is 5.91 Å². The van der Waals surface area contributed by atoms with Crippen LogP contribution < -0.4 is 5.32 Å². The molecule has 0 bridgehead atoms. The molecule has 6 heteroatoms. The Kier molecular flexibility index (Phi) is 5.19. The molecule has 1 unspecified atom stereocenters. The maximum Gasteiger partial charge on any atom is 0.303 e. The first-order valence-electron chi connectivity index (χ1n) is 6.73. The van der Waals surface area contributed by atoms with E-state index in [-0.39, 0.29) is 24.6 Å². The van der Waals surface area contributed by atoms with Crippen molar-refractivity contribution in [2.24, 2.45) is 0 Å². The molecule has 5 nitrogen and oxygen atoms in total. The van der Waals surface area contributed by atoms with Crippen molar-refractivity contribution in [2.45, 2.75) is 18.9 Å². The number of halogens is 1. The van der Waals surface area contributed by atoms with Gasteiger partial charge in [0.05, 0.1) is 12.5 Å². The zero-order valence-corrected chi connectivity index (χ0v) is 11.7. The summed E-state index contributed by atoms with van der Waals surface area (Å²) in [6.45, 7) is 0. The van der Waals surface area contributed by atoms with Crippen LogP contribution in [0.1, 0.15) is 30.0 Å². The summed E-state index contributed by atoms with van der Waals surface area (Å²) in [5.41, 5.74) is 1.49. The van der Waals surface area contributed by atoms with Gasteiger partial charge < -0.3 is 10.4 Å². The molecule has 2 rings (SSSR count). The largest absolute Gasteiger partial charge is 0.481 e. The second kappa shape index (κ2) is 7.31. The fourth-order valence-corrected chi connectivity index (χ4v) is 2.02. The maximum absolute atomic E-state index is 13.1. The molecule has 1 atom stereocenters. The molecule has 0 fully saturated rings. The standard InChI is InChI=1S/C16H15FN2O3/c17-13-3-1-11(2-4-13)16(12-7-9-18-10-8-12)19-14(20)5-6-15(21)22/h1-4,7-10,16H,5-6H2,(H,19,20)(H,21,22). The van der Waals surface area contributed by atoms with Crippen LogP contribution >= 0.6 is 0 Å². The van der Waals surface area contributed by atoms with E-state index >= 15 is 0 Å².